The van der Waals surface area contributed by atoms with Gasteiger partial charge in [0.15, 0.2) is 0 Å². The third-order valence-electron chi connectivity index (χ3n) is 2.23. The predicted octanol–water partition coefficient (Wildman–Crippen LogP) is 1.62. The molecule has 0 aliphatic rings. The van der Waals surface area contributed by atoms with Crippen LogP contribution >= 0.6 is 0 Å². The van der Waals surface area contributed by atoms with Crippen molar-refractivity contribution in [3.63, 3.8) is 0 Å². The lowest BCUT2D eigenvalue weighted by atomic mass is 10.1. The van der Waals surface area contributed by atoms with E-state index in [1.165, 1.54) is 12.8 Å². The van der Waals surface area contributed by atoms with Gasteiger partial charge in [0, 0.05) is 5.19 Å². The molecule has 0 amide bonds. The van der Waals surface area contributed by atoms with Crippen molar-refractivity contribution < 1.29 is 10.2 Å². The van der Waals surface area contributed by atoms with Crippen molar-refractivity contribution in [2.24, 2.45) is 0 Å². The van der Waals surface area contributed by atoms with Crippen molar-refractivity contribution in [1.29, 1.82) is 0 Å². The summed E-state index contributed by atoms with van der Waals surface area (Å²) in [5.74, 6) is 0.210. The first-order valence-corrected chi connectivity index (χ1v) is 5.41. The predicted molar refractivity (Wildman–Crippen MR) is 58.4 cm³/mol. The molecule has 0 spiro atoms. The quantitative estimate of drug-likeness (QED) is 0.582. The zero-order valence-electron chi connectivity index (χ0n) is 8.38. The van der Waals surface area contributed by atoms with Crippen molar-refractivity contribution in [2.45, 2.75) is 32.6 Å². The van der Waals surface area contributed by atoms with Gasteiger partial charge in [-0.2, -0.15) is 0 Å². The third kappa shape index (κ3) is 2.77. The number of benzene rings is 1. The number of aryl methyl sites for hydroxylation is 1. The Morgan fingerprint density at radius 1 is 1.14 bits per heavy atom. The molecule has 1 rings (SSSR count). The molecule has 0 unspecified atom stereocenters. The lowest BCUT2D eigenvalue weighted by Crippen LogP contribution is -2.04. The number of rotatable bonds is 4. The topological polar surface area (TPSA) is 40.5 Å². The van der Waals surface area contributed by atoms with Gasteiger partial charge in [-0.25, -0.2) is 0 Å². The largest absolute Gasteiger partial charge is 0.508 e. The maximum absolute atomic E-state index is 9.43. The van der Waals surface area contributed by atoms with E-state index in [0.29, 0.717) is 5.19 Å². The van der Waals surface area contributed by atoms with Crippen molar-refractivity contribution in [1.82, 2.24) is 0 Å². The molecule has 0 fully saturated rings. The van der Waals surface area contributed by atoms with Crippen LogP contribution in [0.4, 0.5) is 0 Å². The first-order valence-electron chi connectivity index (χ1n) is 4.91. The summed E-state index contributed by atoms with van der Waals surface area (Å²) >= 11 is 0. The lowest BCUT2D eigenvalue weighted by Gasteiger charge is -2.06. The maximum atomic E-state index is 9.43. The molecule has 0 saturated heterocycles. The van der Waals surface area contributed by atoms with Crippen molar-refractivity contribution in [2.75, 3.05) is 0 Å². The fraction of sp³-hybridized carbons (Fsp3) is 0.455. The maximum Gasteiger partial charge on any atom is 0.117 e. The van der Waals surface area contributed by atoms with Gasteiger partial charge in [-0.15, -0.1) is 0 Å². The average molecular weight is 207 g/mol. The van der Waals surface area contributed by atoms with Crippen LogP contribution in [0, 0.1) is 0 Å². The van der Waals surface area contributed by atoms with Crippen molar-refractivity contribution >= 4 is 15.4 Å². The Morgan fingerprint density at radius 2 is 1.71 bits per heavy atom. The van der Waals surface area contributed by atoms with Gasteiger partial charge in [0.25, 0.3) is 0 Å². The molecule has 0 aliphatic heterocycles. The van der Waals surface area contributed by atoms with E-state index < -0.39 is 0 Å². The van der Waals surface area contributed by atoms with Crippen LogP contribution in [0.25, 0.3) is 0 Å². The standard InChI is InChI=1S/C11H15O2Si/c1-2-3-4-5-8-6-9(12)11(14)10(13)7-8/h6-7,12-13H,2-5H2,1H3. The minimum absolute atomic E-state index is 0.105. The SMILES string of the molecule is CCCCCc1cc(O)c([Si])c(O)c1. The molecule has 0 bridgehead atoms. The Labute approximate surface area is 88.0 Å². The van der Waals surface area contributed by atoms with Crippen LogP contribution in [0.15, 0.2) is 12.1 Å². The monoisotopic (exact) mass is 207 g/mol. The number of unbranched alkanes of at least 4 members (excludes halogenated alkanes) is 2. The smallest absolute Gasteiger partial charge is 0.117 e. The van der Waals surface area contributed by atoms with Crippen molar-refractivity contribution in [3.8, 4) is 11.5 Å². The second kappa shape index (κ2) is 5.05. The van der Waals surface area contributed by atoms with E-state index in [9.17, 15) is 10.2 Å². The van der Waals surface area contributed by atoms with Crippen LogP contribution < -0.4 is 5.19 Å². The zero-order chi connectivity index (χ0) is 10.6. The van der Waals surface area contributed by atoms with Crippen LogP contribution in [0.5, 0.6) is 11.5 Å². The molecule has 1 aromatic rings. The highest BCUT2D eigenvalue weighted by Crippen LogP contribution is 2.18. The second-order valence-corrected chi connectivity index (χ2v) is 3.97. The summed E-state index contributed by atoms with van der Waals surface area (Å²) in [4.78, 5) is 0. The third-order valence-corrected chi connectivity index (χ3v) is 2.74. The lowest BCUT2D eigenvalue weighted by molar-refractivity contribution is 0.457. The first-order chi connectivity index (χ1) is 6.65. The fourth-order valence-corrected chi connectivity index (χ4v) is 1.54. The van der Waals surface area contributed by atoms with E-state index in [0.717, 1.165) is 18.4 Å². The highest BCUT2D eigenvalue weighted by molar-refractivity contribution is 6.36. The molecule has 2 N–H and O–H groups in total. The van der Waals surface area contributed by atoms with Gasteiger partial charge >= 0.3 is 0 Å². The summed E-state index contributed by atoms with van der Waals surface area (Å²) in [6, 6.07) is 3.38. The van der Waals surface area contributed by atoms with E-state index in [2.05, 4.69) is 17.2 Å². The molecular weight excluding hydrogens is 192 g/mol. The Balaban J connectivity index is 2.69. The first kappa shape index (κ1) is 11.1. The molecule has 1 aromatic carbocycles. The Kier molecular flexibility index (Phi) is 4.01. The molecule has 75 valence electrons. The number of hydrogen-bond donors (Lipinski definition) is 2. The van der Waals surface area contributed by atoms with Gasteiger partial charge in [0.05, 0.1) is 10.2 Å². The molecule has 14 heavy (non-hydrogen) atoms. The van der Waals surface area contributed by atoms with Crippen LogP contribution in [-0.4, -0.2) is 20.5 Å². The molecule has 3 radical (unpaired) electrons. The Morgan fingerprint density at radius 3 is 2.21 bits per heavy atom. The fourth-order valence-electron chi connectivity index (χ4n) is 1.39. The van der Waals surface area contributed by atoms with Crippen LogP contribution in [-0.2, 0) is 6.42 Å². The summed E-state index contributed by atoms with van der Waals surface area (Å²) in [7, 11) is 3.15. The second-order valence-electron chi connectivity index (χ2n) is 3.47. The van der Waals surface area contributed by atoms with Crippen LogP contribution in [0.1, 0.15) is 31.7 Å². The summed E-state index contributed by atoms with van der Waals surface area (Å²) in [5, 5.41) is 19.2. The summed E-state index contributed by atoms with van der Waals surface area (Å²) in [6.07, 6.45) is 4.35. The minimum atomic E-state index is 0.105. The molecule has 0 atom stereocenters. The van der Waals surface area contributed by atoms with Crippen LogP contribution in [0.2, 0.25) is 0 Å². The highest BCUT2D eigenvalue weighted by Gasteiger charge is 2.04. The summed E-state index contributed by atoms with van der Waals surface area (Å²) < 4.78 is 0. The van der Waals surface area contributed by atoms with Gasteiger partial charge in [0.1, 0.15) is 11.5 Å². The number of hydrogen-bond acceptors (Lipinski definition) is 2. The van der Waals surface area contributed by atoms with Crippen LogP contribution in [0.3, 0.4) is 0 Å². The molecule has 0 heterocycles. The Hall–Kier alpha value is -0.963. The zero-order valence-corrected chi connectivity index (χ0v) is 9.38. The van der Waals surface area contributed by atoms with E-state index in [-0.39, 0.29) is 11.5 Å². The normalized spacial score (nSPS) is 10.4. The average Bonchev–Trinajstić information content (AvgIpc) is 2.14. The van der Waals surface area contributed by atoms with Gasteiger partial charge in [-0.1, -0.05) is 19.8 Å². The molecule has 0 aromatic heterocycles. The van der Waals surface area contributed by atoms with Gasteiger partial charge in [0.2, 0.25) is 0 Å². The molecule has 0 saturated carbocycles. The highest BCUT2D eigenvalue weighted by atomic mass is 28.1. The van der Waals surface area contributed by atoms with Gasteiger partial charge < -0.3 is 10.2 Å². The molecule has 2 nitrogen and oxygen atoms in total. The minimum Gasteiger partial charge on any atom is -0.508 e. The molecule has 0 aliphatic carbocycles. The van der Waals surface area contributed by atoms with Gasteiger partial charge in [-0.05, 0) is 30.5 Å². The summed E-state index contributed by atoms with van der Waals surface area (Å²) in [6.45, 7) is 2.15. The van der Waals surface area contributed by atoms with E-state index >= 15 is 0 Å². The number of phenols is 2. The number of phenolic OH excluding ortho intramolecular Hbond substituents is 2. The molecule has 3 heteroatoms. The van der Waals surface area contributed by atoms with Gasteiger partial charge in [-0.3, -0.25) is 0 Å². The van der Waals surface area contributed by atoms with E-state index in [1.54, 1.807) is 12.1 Å². The molecular formula is C11H15O2Si. The van der Waals surface area contributed by atoms with E-state index in [1.807, 2.05) is 0 Å². The van der Waals surface area contributed by atoms with E-state index in [4.69, 9.17) is 0 Å². The van der Waals surface area contributed by atoms with Crippen molar-refractivity contribution in [3.05, 3.63) is 17.7 Å². The number of aromatic hydroxyl groups is 2. The Bertz CT molecular complexity index is 287. The summed E-state index contributed by atoms with van der Waals surface area (Å²) in [5.41, 5.74) is 0.982.